The first kappa shape index (κ1) is 36.3. The SMILES string of the molecule is c1ccc(-c2ccc(-c3cc(-c4ccc(-c5c(-c6ccccc6)sc6c(-c7ccccc7)nc7ccccc7c56)cc4)nc(-c4ccc(-c5ccccc5)cc4)n3)cc2)cc1. The van der Waals surface area contributed by atoms with Crippen LogP contribution in [0.25, 0.3) is 110 Å². The van der Waals surface area contributed by atoms with Gasteiger partial charge in [-0.15, -0.1) is 11.3 Å². The highest BCUT2D eigenvalue weighted by Gasteiger charge is 2.22. The number of thiophene rings is 1. The van der Waals surface area contributed by atoms with Gasteiger partial charge in [-0.2, -0.15) is 0 Å². The van der Waals surface area contributed by atoms with Crippen molar-refractivity contribution in [1.29, 1.82) is 0 Å². The van der Waals surface area contributed by atoms with Crippen LogP contribution in [-0.4, -0.2) is 15.0 Å². The van der Waals surface area contributed by atoms with Gasteiger partial charge in [0.2, 0.25) is 0 Å². The Bertz CT molecular complexity index is 3190. The Hall–Kier alpha value is -7.79. The van der Waals surface area contributed by atoms with E-state index < -0.39 is 0 Å². The summed E-state index contributed by atoms with van der Waals surface area (Å²) in [7, 11) is 0. The molecular weight excluding hydrogens is 759 g/mol. The maximum atomic E-state index is 5.27. The Labute approximate surface area is 359 Å². The lowest BCUT2D eigenvalue weighted by Crippen LogP contribution is -1.96. The Morgan fingerprint density at radius 3 is 1.26 bits per heavy atom. The molecule has 0 radical (unpaired) electrons. The van der Waals surface area contributed by atoms with Gasteiger partial charge in [0.25, 0.3) is 0 Å². The molecule has 0 aliphatic rings. The van der Waals surface area contributed by atoms with Crippen molar-refractivity contribution in [3.63, 3.8) is 0 Å². The molecule has 0 fully saturated rings. The van der Waals surface area contributed by atoms with Crippen LogP contribution >= 0.6 is 11.3 Å². The number of para-hydroxylation sites is 1. The van der Waals surface area contributed by atoms with Gasteiger partial charge in [-0.3, -0.25) is 0 Å². The number of nitrogens with zero attached hydrogens (tertiary/aromatic N) is 3. The number of aromatic nitrogens is 3. The Morgan fingerprint density at radius 2 is 0.721 bits per heavy atom. The van der Waals surface area contributed by atoms with Gasteiger partial charge in [0.1, 0.15) is 0 Å². The predicted octanol–water partition coefficient (Wildman–Crippen LogP) is 15.6. The summed E-state index contributed by atoms with van der Waals surface area (Å²) in [4.78, 5) is 16.9. The topological polar surface area (TPSA) is 38.7 Å². The number of hydrogen-bond donors (Lipinski definition) is 0. The van der Waals surface area contributed by atoms with Crippen molar-refractivity contribution in [2.24, 2.45) is 0 Å². The average molecular weight is 796 g/mol. The van der Waals surface area contributed by atoms with Crippen molar-refractivity contribution < 1.29 is 0 Å². The molecule has 3 heterocycles. The van der Waals surface area contributed by atoms with Crippen LogP contribution in [0.2, 0.25) is 0 Å². The van der Waals surface area contributed by atoms with Gasteiger partial charge in [-0.1, -0.05) is 212 Å². The van der Waals surface area contributed by atoms with E-state index >= 15 is 0 Å². The highest BCUT2D eigenvalue weighted by atomic mass is 32.1. The van der Waals surface area contributed by atoms with Gasteiger partial charge in [-0.05, 0) is 45.5 Å². The molecule has 0 saturated heterocycles. The van der Waals surface area contributed by atoms with Crippen LogP contribution < -0.4 is 0 Å². The summed E-state index contributed by atoms with van der Waals surface area (Å²) in [6.45, 7) is 0. The molecular formula is C57H37N3S. The molecule has 0 saturated carbocycles. The third-order valence-electron chi connectivity index (χ3n) is 11.3. The normalized spacial score (nSPS) is 11.3. The fraction of sp³-hybridized carbons (Fsp3) is 0. The second kappa shape index (κ2) is 15.8. The van der Waals surface area contributed by atoms with E-state index in [2.05, 4.69) is 212 Å². The molecule has 0 atom stereocenters. The first-order valence-corrected chi connectivity index (χ1v) is 21.3. The highest BCUT2D eigenvalue weighted by Crippen LogP contribution is 2.50. The molecule has 0 unspecified atom stereocenters. The van der Waals surface area contributed by atoms with Gasteiger partial charge >= 0.3 is 0 Å². The lowest BCUT2D eigenvalue weighted by Gasteiger charge is -2.12. The molecule has 61 heavy (non-hydrogen) atoms. The van der Waals surface area contributed by atoms with Crippen molar-refractivity contribution in [2.45, 2.75) is 0 Å². The maximum absolute atomic E-state index is 5.27. The zero-order valence-corrected chi connectivity index (χ0v) is 33.9. The largest absolute Gasteiger partial charge is 0.246 e. The quantitative estimate of drug-likeness (QED) is 0.154. The van der Waals surface area contributed by atoms with Gasteiger partial charge in [-0.25, -0.2) is 15.0 Å². The van der Waals surface area contributed by atoms with E-state index in [9.17, 15) is 0 Å². The van der Waals surface area contributed by atoms with Gasteiger partial charge in [0.15, 0.2) is 5.82 Å². The fourth-order valence-electron chi connectivity index (χ4n) is 8.25. The summed E-state index contributed by atoms with van der Waals surface area (Å²) >= 11 is 1.82. The molecule has 0 aliphatic carbocycles. The molecule has 0 spiro atoms. The Balaban J connectivity index is 1.05. The summed E-state index contributed by atoms with van der Waals surface area (Å²) < 4.78 is 1.18. The molecule has 11 aromatic rings. The average Bonchev–Trinajstić information content (AvgIpc) is 3.76. The minimum Gasteiger partial charge on any atom is -0.246 e. The van der Waals surface area contributed by atoms with Crippen LogP contribution in [0.3, 0.4) is 0 Å². The summed E-state index contributed by atoms with van der Waals surface area (Å²) in [6.07, 6.45) is 0. The monoisotopic (exact) mass is 795 g/mol. The number of pyridine rings is 1. The van der Waals surface area contributed by atoms with Crippen molar-refractivity contribution in [2.75, 3.05) is 0 Å². The summed E-state index contributed by atoms with van der Waals surface area (Å²) in [5.41, 5.74) is 16.1. The van der Waals surface area contributed by atoms with Crippen LogP contribution in [0.15, 0.2) is 224 Å². The molecule has 0 amide bonds. The molecule has 286 valence electrons. The third-order valence-corrected chi connectivity index (χ3v) is 12.6. The van der Waals surface area contributed by atoms with Gasteiger partial charge in [0.05, 0.1) is 27.3 Å². The van der Waals surface area contributed by atoms with Crippen molar-refractivity contribution in [3.8, 4) is 89.0 Å². The molecule has 4 heteroatoms. The van der Waals surface area contributed by atoms with Gasteiger partial charge < -0.3 is 0 Å². The van der Waals surface area contributed by atoms with E-state index in [1.807, 2.05) is 23.5 Å². The molecule has 0 bridgehead atoms. The van der Waals surface area contributed by atoms with E-state index in [0.29, 0.717) is 5.82 Å². The van der Waals surface area contributed by atoms with Crippen LogP contribution in [0.4, 0.5) is 0 Å². The van der Waals surface area contributed by atoms with E-state index in [1.54, 1.807) is 0 Å². The Kier molecular flexibility index (Phi) is 9.38. The van der Waals surface area contributed by atoms with E-state index in [0.717, 1.165) is 61.4 Å². The van der Waals surface area contributed by atoms with Crippen molar-refractivity contribution in [3.05, 3.63) is 224 Å². The molecule has 0 N–H and O–H groups in total. The molecule has 8 aromatic carbocycles. The zero-order chi connectivity index (χ0) is 40.5. The van der Waals surface area contributed by atoms with E-state index in [1.165, 1.54) is 42.8 Å². The standard InChI is InChI=1S/C57H37N3S/c1-5-15-38(16-6-1)40-25-29-42(30-26-40)50-37-51(60-57(59-50)47-35-27-41(28-36-47)39-17-7-2-8-18-39)43-31-33-44(34-32-43)52-53-48-23-13-14-24-49(48)58-54(45-19-9-3-10-20-45)56(53)61-55(52)46-21-11-4-12-22-46/h1-37H. The van der Waals surface area contributed by atoms with E-state index in [4.69, 9.17) is 15.0 Å². The van der Waals surface area contributed by atoms with Crippen LogP contribution in [0.5, 0.6) is 0 Å². The van der Waals surface area contributed by atoms with Crippen LogP contribution in [0, 0.1) is 0 Å². The molecule has 11 rings (SSSR count). The second-order valence-electron chi connectivity index (χ2n) is 15.1. The van der Waals surface area contributed by atoms with Crippen molar-refractivity contribution >= 4 is 32.3 Å². The summed E-state index contributed by atoms with van der Waals surface area (Å²) in [5, 5.41) is 2.38. The first-order chi connectivity index (χ1) is 30.2. The van der Waals surface area contributed by atoms with Crippen molar-refractivity contribution in [1.82, 2.24) is 15.0 Å². The molecule has 3 aromatic heterocycles. The Morgan fingerprint density at radius 1 is 0.311 bits per heavy atom. The maximum Gasteiger partial charge on any atom is 0.160 e. The van der Waals surface area contributed by atoms with Crippen LogP contribution in [-0.2, 0) is 0 Å². The molecule has 0 aliphatic heterocycles. The number of fused-ring (bicyclic) bond motifs is 3. The van der Waals surface area contributed by atoms with Crippen LogP contribution in [0.1, 0.15) is 0 Å². The summed E-state index contributed by atoms with van der Waals surface area (Å²) in [6, 6.07) is 79.1. The predicted molar refractivity (Wildman–Crippen MR) is 256 cm³/mol. The second-order valence-corrected chi connectivity index (χ2v) is 16.2. The number of rotatable bonds is 8. The fourth-order valence-corrected chi connectivity index (χ4v) is 9.61. The zero-order valence-electron chi connectivity index (χ0n) is 33.1. The first-order valence-electron chi connectivity index (χ1n) is 20.5. The van der Waals surface area contributed by atoms with Gasteiger partial charge in [0, 0.05) is 43.5 Å². The number of benzene rings is 8. The third kappa shape index (κ3) is 6.99. The highest BCUT2D eigenvalue weighted by molar-refractivity contribution is 7.23. The lowest BCUT2D eigenvalue weighted by molar-refractivity contribution is 1.18. The summed E-state index contributed by atoms with van der Waals surface area (Å²) in [5.74, 6) is 0.686. The number of hydrogen-bond acceptors (Lipinski definition) is 4. The minimum atomic E-state index is 0.686. The molecule has 3 nitrogen and oxygen atoms in total. The smallest absolute Gasteiger partial charge is 0.160 e. The van der Waals surface area contributed by atoms with E-state index in [-0.39, 0.29) is 0 Å². The lowest BCUT2D eigenvalue weighted by atomic mass is 9.94. The minimum absolute atomic E-state index is 0.686.